The molecule has 3 N–H and O–H groups in total. The van der Waals surface area contributed by atoms with Crippen molar-refractivity contribution in [3.63, 3.8) is 0 Å². The van der Waals surface area contributed by atoms with Crippen LogP contribution in [0.2, 0.25) is 0 Å². The van der Waals surface area contributed by atoms with Gasteiger partial charge in [0.25, 0.3) is 0 Å². The fraction of sp³-hybridized carbons (Fsp3) is 0.692. The fourth-order valence-corrected chi connectivity index (χ4v) is 3.61. The summed E-state index contributed by atoms with van der Waals surface area (Å²) in [5.41, 5.74) is 6.31. The van der Waals surface area contributed by atoms with Crippen molar-refractivity contribution in [2.24, 2.45) is 5.41 Å². The lowest BCUT2D eigenvalue weighted by Gasteiger charge is -2.42. The Hall–Kier alpha value is -1.40. The average Bonchev–Trinajstić information content (AvgIpc) is 3.13. The highest BCUT2D eigenvalue weighted by atomic mass is 16.5. The summed E-state index contributed by atoms with van der Waals surface area (Å²) in [6, 6.07) is 0. The van der Waals surface area contributed by atoms with E-state index in [-0.39, 0.29) is 5.54 Å². The molecule has 3 aliphatic heterocycles. The standard InChI is InChI=1S/C13H19N5O/c14-10-5-15-6-11(17-10)18-3-1-12(2-4-18)8-19-9-13(12)7-16-13/h5-6,16H,1-4,7-9H2,(H2,14,17). The number of nitrogen functional groups attached to an aromatic ring is 1. The van der Waals surface area contributed by atoms with E-state index >= 15 is 0 Å². The Kier molecular flexibility index (Phi) is 2.29. The van der Waals surface area contributed by atoms with Crippen LogP contribution in [0.3, 0.4) is 0 Å². The smallest absolute Gasteiger partial charge is 0.149 e. The number of nitrogens with two attached hydrogens (primary N) is 1. The summed E-state index contributed by atoms with van der Waals surface area (Å²) >= 11 is 0. The molecule has 1 aromatic heterocycles. The van der Waals surface area contributed by atoms with Gasteiger partial charge in [-0.2, -0.15) is 0 Å². The summed E-state index contributed by atoms with van der Waals surface area (Å²) in [7, 11) is 0. The molecule has 3 saturated heterocycles. The number of anilines is 2. The molecule has 4 heterocycles. The number of piperidine rings is 1. The second kappa shape index (κ2) is 3.80. The number of aromatic nitrogens is 2. The number of nitrogens with one attached hydrogen (secondary N) is 1. The van der Waals surface area contributed by atoms with Crippen molar-refractivity contribution in [3.8, 4) is 0 Å². The Morgan fingerprint density at radius 1 is 1.26 bits per heavy atom. The molecule has 1 atom stereocenters. The summed E-state index contributed by atoms with van der Waals surface area (Å²) in [5, 5.41) is 3.54. The predicted molar refractivity (Wildman–Crippen MR) is 71.9 cm³/mol. The monoisotopic (exact) mass is 261 g/mol. The van der Waals surface area contributed by atoms with Crippen LogP contribution in [0.1, 0.15) is 12.8 Å². The molecular weight excluding hydrogens is 242 g/mol. The number of hydrogen-bond donors (Lipinski definition) is 2. The molecule has 3 aliphatic rings. The SMILES string of the molecule is Nc1cncc(N2CCC3(CC2)COCC32CN2)n1. The first-order chi connectivity index (χ1) is 9.23. The van der Waals surface area contributed by atoms with Crippen LogP contribution in [-0.4, -0.2) is 48.4 Å². The molecule has 1 unspecified atom stereocenters. The molecule has 0 saturated carbocycles. The Morgan fingerprint density at radius 3 is 2.74 bits per heavy atom. The second-order valence-corrected chi connectivity index (χ2v) is 6.00. The average molecular weight is 261 g/mol. The van der Waals surface area contributed by atoms with Crippen LogP contribution in [0.5, 0.6) is 0 Å². The maximum Gasteiger partial charge on any atom is 0.149 e. The number of ether oxygens (including phenoxy) is 1. The quantitative estimate of drug-likeness (QED) is 0.693. The molecule has 0 aliphatic carbocycles. The van der Waals surface area contributed by atoms with Crippen molar-refractivity contribution in [2.75, 3.05) is 43.5 Å². The van der Waals surface area contributed by atoms with Crippen molar-refractivity contribution < 1.29 is 4.74 Å². The summed E-state index contributed by atoms with van der Waals surface area (Å²) in [4.78, 5) is 10.8. The maximum atomic E-state index is 5.75. The van der Waals surface area contributed by atoms with Gasteiger partial charge in [0.1, 0.15) is 11.6 Å². The molecule has 19 heavy (non-hydrogen) atoms. The van der Waals surface area contributed by atoms with E-state index in [0.29, 0.717) is 11.2 Å². The Bertz CT molecular complexity index is 494. The van der Waals surface area contributed by atoms with Gasteiger partial charge in [-0.1, -0.05) is 0 Å². The molecule has 4 rings (SSSR count). The van der Waals surface area contributed by atoms with Crippen LogP contribution in [0.25, 0.3) is 0 Å². The van der Waals surface area contributed by atoms with Crippen LogP contribution < -0.4 is 16.0 Å². The van der Waals surface area contributed by atoms with Gasteiger partial charge in [-0.25, -0.2) is 4.98 Å². The molecule has 102 valence electrons. The molecule has 0 aromatic carbocycles. The normalized spacial score (nSPS) is 32.1. The van der Waals surface area contributed by atoms with Gasteiger partial charge in [-0.3, -0.25) is 4.98 Å². The topological polar surface area (TPSA) is 86.2 Å². The van der Waals surface area contributed by atoms with Crippen molar-refractivity contribution in [2.45, 2.75) is 18.4 Å². The number of hydrogen-bond acceptors (Lipinski definition) is 6. The first kappa shape index (κ1) is 11.4. The van der Waals surface area contributed by atoms with Crippen LogP contribution in [0, 0.1) is 5.41 Å². The summed E-state index contributed by atoms with van der Waals surface area (Å²) in [6.07, 6.45) is 5.68. The van der Waals surface area contributed by atoms with Gasteiger partial charge in [-0.15, -0.1) is 0 Å². The molecule has 0 bridgehead atoms. The molecule has 6 nitrogen and oxygen atoms in total. The third-order valence-corrected chi connectivity index (χ3v) is 5.03. The minimum atomic E-state index is 0.278. The molecule has 0 amide bonds. The highest BCUT2D eigenvalue weighted by Gasteiger charge is 2.63. The number of rotatable bonds is 1. The lowest BCUT2D eigenvalue weighted by molar-refractivity contribution is 0.130. The van der Waals surface area contributed by atoms with Gasteiger partial charge < -0.3 is 20.7 Å². The first-order valence-corrected chi connectivity index (χ1v) is 6.88. The Balaban J connectivity index is 1.51. The highest BCUT2D eigenvalue weighted by molar-refractivity contribution is 5.42. The molecule has 1 aromatic rings. The third kappa shape index (κ3) is 1.63. The van der Waals surface area contributed by atoms with E-state index in [2.05, 4.69) is 20.2 Å². The largest absolute Gasteiger partial charge is 0.382 e. The lowest BCUT2D eigenvalue weighted by atomic mass is 9.70. The van der Waals surface area contributed by atoms with E-state index in [1.165, 1.54) is 0 Å². The minimum absolute atomic E-state index is 0.278. The van der Waals surface area contributed by atoms with E-state index in [9.17, 15) is 0 Å². The van der Waals surface area contributed by atoms with Gasteiger partial charge in [0.2, 0.25) is 0 Å². The summed E-state index contributed by atoms with van der Waals surface area (Å²) in [6.45, 7) is 4.91. The second-order valence-electron chi connectivity index (χ2n) is 6.00. The Labute approximate surface area is 112 Å². The number of nitrogens with zero attached hydrogens (tertiary/aromatic N) is 3. The van der Waals surface area contributed by atoms with E-state index in [1.54, 1.807) is 12.4 Å². The van der Waals surface area contributed by atoms with Crippen molar-refractivity contribution in [1.29, 1.82) is 0 Å². The van der Waals surface area contributed by atoms with Gasteiger partial charge in [0.05, 0.1) is 31.1 Å². The van der Waals surface area contributed by atoms with Gasteiger partial charge in [-0.05, 0) is 12.8 Å². The van der Waals surface area contributed by atoms with E-state index in [0.717, 1.165) is 51.5 Å². The van der Waals surface area contributed by atoms with Crippen molar-refractivity contribution >= 4 is 11.6 Å². The highest BCUT2D eigenvalue weighted by Crippen LogP contribution is 2.51. The zero-order chi connectivity index (χ0) is 12.9. The van der Waals surface area contributed by atoms with Gasteiger partial charge in [0.15, 0.2) is 0 Å². The van der Waals surface area contributed by atoms with E-state index in [4.69, 9.17) is 10.5 Å². The van der Waals surface area contributed by atoms with Crippen molar-refractivity contribution in [1.82, 2.24) is 15.3 Å². The van der Waals surface area contributed by atoms with Gasteiger partial charge >= 0.3 is 0 Å². The van der Waals surface area contributed by atoms with Crippen molar-refractivity contribution in [3.05, 3.63) is 12.4 Å². The maximum absolute atomic E-state index is 5.75. The fourth-order valence-electron chi connectivity index (χ4n) is 3.61. The van der Waals surface area contributed by atoms with Crippen LogP contribution >= 0.6 is 0 Å². The predicted octanol–water partition coefficient (Wildman–Crippen LogP) is 0.0176. The van der Waals surface area contributed by atoms with Crippen LogP contribution in [0.4, 0.5) is 11.6 Å². The van der Waals surface area contributed by atoms with Crippen LogP contribution in [0.15, 0.2) is 12.4 Å². The molecule has 0 radical (unpaired) electrons. The first-order valence-electron chi connectivity index (χ1n) is 6.88. The summed E-state index contributed by atoms with van der Waals surface area (Å²) < 4.78 is 5.75. The van der Waals surface area contributed by atoms with Gasteiger partial charge in [0, 0.05) is 25.0 Å². The zero-order valence-corrected chi connectivity index (χ0v) is 10.9. The van der Waals surface area contributed by atoms with E-state index in [1.807, 2.05) is 0 Å². The zero-order valence-electron chi connectivity index (χ0n) is 10.9. The third-order valence-electron chi connectivity index (χ3n) is 5.03. The Morgan fingerprint density at radius 2 is 2.05 bits per heavy atom. The molecule has 2 spiro atoms. The molecule has 6 heteroatoms. The lowest BCUT2D eigenvalue weighted by Crippen LogP contribution is -2.49. The minimum Gasteiger partial charge on any atom is -0.382 e. The van der Waals surface area contributed by atoms with Crippen LogP contribution in [-0.2, 0) is 4.74 Å². The summed E-state index contributed by atoms with van der Waals surface area (Å²) in [5.74, 6) is 1.38. The molecule has 3 fully saturated rings. The van der Waals surface area contributed by atoms with E-state index < -0.39 is 0 Å². The molecular formula is C13H19N5O. The number of fused-ring (bicyclic) bond motifs is 1.